The molecule has 0 spiro atoms. The summed E-state index contributed by atoms with van der Waals surface area (Å²) in [5, 5.41) is 0. The first-order valence-corrected chi connectivity index (χ1v) is 8.09. The van der Waals surface area contributed by atoms with Gasteiger partial charge in [-0.2, -0.15) is 0 Å². The number of rotatable bonds is 1. The number of allylic oxidation sites excluding steroid dienone is 1. The molecule has 0 amide bonds. The molecule has 0 aromatic heterocycles. The molecule has 0 bridgehead atoms. The second-order valence-corrected chi connectivity index (χ2v) is 4.91. The van der Waals surface area contributed by atoms with Crippen molar-refractivity contribution in [1.82, 2.24) is 0 Å². The van der Waals surface area contributed by atoms with Crippen LogP contribution in [-0.4, -0.2) is 0 Å². The second-order valence-electron chi connectivity index (χ2n) is 4.91. The zero-order chi connectivity index (χ0) is 15.8. The maximum atomic E-state index is 2.33. The molecule has 0 saturated carbocycles. The van der Waals surface area contributed by atoms with Crippen LogP contribution in [0.1, 0.15) is 55.5 Å². The molecule has 0 fully saturated rings. The minimum absolute atomic E-state index is 1.07. The van der Waals surface area contributed by atoms with Crippen LogP contribution in [-0.2, 0) is 6.42 Å². The molecule has 0 heteroatoms. The van der Waals surface area contributed by atoms with E-state index in [-0.39, 0.29) is 0 Å². The number of hydrogen-bond acceptors (Lipinski definition) is 0. The van der Waals surface area contributed by atoms with Crippen LogP contribution < -0.4 is 0 Å². The molecule has 1 aliphatic rings. The van der Waals surface area contributed by atoms with E-state index in [9.17, 15) is 0 Å². The summed E-state index contributed by atoms with van der Waals surface area (Å²) in [6, 6.07) is 15.5. The summed E-state index contributed by atoms with van der Waals surface area (Å²) in [6.45, 7) is 12.3. The Hall–Kier alpha value is -1.82. The largest absolute Gasteiger partial charge is 0.0683 e. The smallest absolute Gasteiger partial charge is 0.00137 e. The van der Waals surface area contributed by atoms with E-state index in [1.165, 1.54) is 33.4 Å². The first-order chi connectivity index (χ1) is 10.2. The molecule has 0 radical (unpaired) electrons. The molecule has 0 saturated heterocycles. The lowest BCUT2D eigenvalue weighted by Crippen LogP contribution is -1.86. The molecular weight excluding hydrogens is 252 g/mol. The van der Waals surface area contributed by atoms with Crippen molar-refractivity contribution in [3.8, 4) is 0 Å². The van der Waals surface area contributed by atoms with Crippen molar-refractivity contribution < 1.29 is 0 Å². The molecule has 112 valence electrons. The Bertz CT molecular complexity index is 586. The molecule has 2 aromatic rings. The molecule has 1 aliphatic carbocycles. The molecule has 0 aliphatic heterocycles. The molecular formula is C21H28. The van der Waals surface area contributed by atoms with Crippen LogP contribution in [0.5, 0.6) is 0 Å². The summed E-state index contributed by atoms with van der Waals surface area (Å²) >= 11 is 0. The van der Waals surface area contributed by atoms with Crippen molar-refractivity contribution in [2.75, 3.05) is 0 Å². The van der Waals surface area contributed by atoms with Crippen LogP contribution in [0.2, 0.25) is 0 Å². The Morgan fingerprint density at radius 2 is 1.29 bits per heavy atom. The van der Waals surface area contributed by atoms with E-state index >= 15 is 0 Å². The molecule has 0 heterocycles. The van der Waals surface area contributed by atoms with Crippen LogP contribution >= 0.6 is 0 Å². The SMILES string of the molecule is CC.CC.Cc1ccc(C2=Cc3cc(C)ccc3C2)cc1. The second kappa shape index (κ2) is 8.46. The van der Waals surface area contributed by atoms with Gasteiger partial charge in [0.1, 0.15) is 0 Å². The van der Waals surface area contributed by atoms with E-state index in [0.717, 1.165) is 6.42 Å². The third-order valence-corrected chi connectivity index (χ3v) is 3.43. The van der Waals surface area contributed by atoms with Crippen molar-refractivity contribution in [2.45, 2.75) is 48.0 Å². The van der Waals surface area contributed by atoms with Gasteiger partial charge in [-0.15, -0.1) is 0 Å². The quantitative estimate of drug-likeness (QED) is 0.563. The van der Waals surface area contributed by atoms with E-state index in [1.807, 2.05) is 27.7 Å². The molecule has 2 aromatic carbocycles. The fourth-order valence-corrected chi connectivity index (χ4v) is 2.41. The van der Waals surface area contributed by atoms with Crippen molar-refractivity contribution in [1.29, 1.82) is 0 Å². The third-order valence-electron chi connectivity index (χ3n) is 3.43. The Kier molecular flexibility index (Phi) is 6.94. The first-order valence-electron chi connectivity index (χ1n) is 8.09. The Labute approximate surface area is 130 Å². The Balaban J connectivity index is 0.000000510. The van der Waals surface area contributed by atoms with Gasteiger partial charge in [0, 0.05) is 0 Å². The Morgan fingerprint density at radius 1 is 0.714 bits per heavy atom. The number of benzene rings is 2. The molecule has 21 heavy (non-hydrogen) atoms. The van der Waals surface area contributed by atoms with E-state index in [2.05, 4.69) is 62.4 Å². The highest BCUT2D eigenvalue weighted by molar-refractivity contribution is 5.88. The van der Waals surface area contributed by atoms with Crippen molar-refractivity contribution >= 4 is 11.6 Å². The average Bonchev–Trinajstić information content (AvgIpc) is 2.95. The summed E-state index contributed by atoms with van der Waals surface area (Å²) in [6.07, 6.45) is 3.39. The van der Waals surface area contributed by atoms with E-state index in [4.69, 9.17) is 0 Å². The number of aryl methyl sites for hydroxylation is 2. The van der Waals surface area contributed by atoms with Gasteiger partial charge in [0.25, 0.3) is 0 Å². The van der Waals surface area contributed by atoms with Crippen LogP contribution in [0.3, 0.4) is 0 Å². The van der Waals surface area contributed by atoms with Gasteiger partial charge in [0.05, 0.1) is 0 Å². The molecule has 3 rings (SSSR count). The van der Waals surface area contributed by atoms with Crippen molar-refractivity contribution in [3.63, 3.8) is 0 Å². The fourth-order valence-electron chi connectivity index (χ4n) is 2.41. The summed E-state index contributed by atoms with van der Waals surface area (Å²) in [5.41, 5.74) is 8.28. The van der Waals surface area contributed by atoms with Gasteiger partial charge in [-0.1, -0.05) is 87.4 Å². The Morgan fingerprint density at radius 3 is 1.90 bits per heavy atom. The van der Waals surface area contributed by atoms with Gasteiger partial charge in [-0.25, -0.2) is 0 Å². The zero-order valence-corrected chi connectivity index (χ0v) is 14.3. The minimum Gasteiger partial charge on any atom is -0.0683 e. The summed E-state index contributed by atoms with van der Waals surface area (Å²) < 4.78 is 0. The minimum atomic E-state index is 1.07. The topological polar surface area (TPSA) is 0 Å². The zero-order valence-electron chi connectivity index (χ0n) is 14.3. The third kappa shape index (κ3) is 4.32. The summed E-state index contributed by atoms with van der Waals surface area (Å²) in [5.74, 6) is 0. The summed E-state index contributed by atoms with van der Waals surface area (Å²) in [4.78, 5) is 0. The van der Waals surface area contributed by atoms with E-state index < -0.39 is 0 Å². The van der Waals surface area contributed by atoms with Gasteiger partial charge >= 0.3 is 0 Å². The lowest BCUT2D eigenvalue weighted by molar-refractivity contribution is 1.29. The highest BCUT2D eigenvalue weighted by Gasteiger charge is 2.13. The molecule has 0 unspecified atom stereocenters. The lowest BCUT2D eigenvalue weighted by Gasteiger charge is -2.02. The molecule has 0 nitrogen and oxygen atoms in total. The molecule has 0 atom stereocenters. The van der Waals surface area contributed by atoms with Crippen molar-refractivity contribution in [2.24, 2.45) is 0 Å². The normalized spacial score (nSPS) is 11.4. The van der Waals surface area contributed by atoms with Gasteiger partial charge in [0.15, 0.2) is 0 Å². The van der Waals surface area contributed by atoms with Crippen LogP contribution in [0, 0.1) is 13.8 Å². The lowest BCUT2D eigenvalue weighted by atomic mass is 10.0. The van der Waals surface area contributed by atoms with E-state index in [1.54, 1.807) is 0 Å². The standard InChI is InChI=1S/C17H16.2C2H6/c1-12-3-6-14(7-4-12)17-10-15-8-5-13(2)9-16(15)11-17;2*1-2/h3-9,11H,10H2,1-2H3;2*1-2H3. The number of fused-ring (bicyclic) bond motifs is 1. The first kappa shape index (κ1) is 17.2. The van der Waals surface area contributed by atoms with Crippen molar-refractivity contribution in [3.05, 3.63) is 70.3 Å². The fraction of sp³-hybridized carbons (Fsp3) is 0.333. The highest BCUT2D eigenvalue weighted by atomic mass is 14.2. The maximum Gasteiger partial charge on any atom is -0.00137 e. The van der Waals surface area contributed by atoms with Gasteiger partial charge in [-0.3, -0.25) is 0 Å². The van der Waals surface area contributed by atoms with Crippen LogP contribution in [0.4, 0.5) is 0 Å². The van der Waals surface area contributed by atoms with E-state index in [0.29, 0.717) is 0 Å². The highest BCUT2D eigenvalue weighted by Crippen LogP contribution is 2.31. The maximum absolute atomic E-state index is 2.33. The molecule has 0 N–H and O–H groups in total. The average molecular weight is 280 g/mol. The van der Waals surface area contributed by atoms with Gasteiger partial charge in [-0.05, 0) is 42.5 Å². The summed E-state index contributed by atoms with van der Waals surface area (Å²) in [7, 11) is 0. The van der Waals surface area contributed by atoms with Crippen LogP contribution in [0.15, 0.2) is 42.5 Å². The monoisotopic (exact) mass is 280 g/mol. The predicted octanol–water partition coefficient (Wildman–Crippen LogP) is 6.45. The van der Waals surface area contributed by atoms with Gasteiger partial charge in [0.2, 0.25) is 0 Å². The van der Waals surface area contributed by atoms with Gasteiger partial charge < -0.3 is 0 Å². The number of hydrogen-bond donors (Lipinski definition) is 0. The van der Waals surface area contributed by atoms with Crippen LogP contribution in [0.25, 0.3) is 11.6 Å². The predicted molar refractivity (Wildman–Crippen MR) is 96.6 cm³/mol.